The van der Waals surface area contributed by atoms with Gasteiger partial charge in [-0.1, -0.05) is 301 Å². The Balaban J connectivity index is 3.82. The summed E-state index contributed by atoms with van der Waals surface area (Å²) in [5, 5.41) is 0. The lowest BCUT2D eigenvalue weighted by atomic mass is 10.0. The van der Waals surface area contributed by atoms with Crippen LogP contribution >= 0.6 is 7.82 Å². The van der Waals surface area contributed by atoms with Gasteiger partial charge in [0.25, 0.3) is 7.82 Å². The van der Waals surface area contributed by atoms with Crippen LogP contribution in [0.4, 0.5) is 0 Å². The maximum absolute atomic E-state index is 12.8. The monoisotopic (exact) mass is 1150 g/mol. The van der Waals surface area contributed by atoms with Gasteiger partial charge in [-0.2, -0.15) is 0 Å². The number of allylic oxidation sites excluding steroid dienone is 6. The molecule has 2 unspecified atom stereocenters. The lowest BCUT2D eigenvalue weighted by molar-refractivity contribution is -0.870. The molecule has 0 aromatic heterocycles. The number of rotatable bonds is 65. The average molecular weight is 1150 g/mol. The van der Waals surface area contributed by atoms with Crippen LogP contribution in [0.25, 0.3) is 0 Å². The van der Waals surface area contributed by atoms with E-state index in [0.29, 0.717) is 17.4 Å². The van der Waals surface area contributed by atoms with Crippen LogP contribution in [0.2, 0.25) is 0 Å². The Bertz CT molecular complexity index is 1440. The van der Waals surface area contributed by atoms with Gasteiger partial charge in [-0.05, 0) is 70.6 Å². The summed E-state index contributed by atoms with van der Waals surface area (Å²) < 4.78 is 34.2. The minimum atomic E-state index is -4.64. The van der Waals surface area contributed by atoms with E-state index in [0.717, 1.165) is 57.8 Å². The summed E-state index contributed by atoms with van der Waals surface area (Å²) in [5.74, 6) is -0.835. The zero-order valence-corrected chi connectivity index (χ0v) is 54.7. The minimum Gasteiger partial charge on any atom is -0.756 e. The predicted molar refractivity (Wildman–Crippen MR) is 342 cm³/mol. The molecule has 0 N–H and O–H groups in total. The van der Waals surface area contributed by atoms with Gasteiger partial charge in [-0.25, -0.2) is 0 Å². The molecule has 0 aliphatic carbocycles. The summed E-state index contributed by atoms with van der Waals surface area (Å²) in [6.45, 7) is 4.24. The largest absolute Gasteiger partial charge is 0.756 e. The van der Waals surface area contributed by atoms with Gasteiger partial charge in [0.15, 0.2) is 6.10 Å². The summed E-state index contributed by atoms with van der Waals surface area (Å²) in [6.07, 6.45) is 78.3. The molecule has 0 aromatic rings. The lowest BCUT2D eigenvalue weighted by Gasteiger charge is -2.28. The molecular formula is C70H134NO8P. The number of carbonyl (C=O) groups excluding carboxylic acids is 2. The molecule has 0 aliphatic rings. The van der Waals surface area contributed by atoms with Crippen molar-refractivity contribution >= 4 is 19.8 Å². The molecule has 0 radical (unpaired) electrons. The van der Waals surface area contributed by atoms with E-state index in [9.17, 15) is 19.0 Å². The summed E-state index contributed by atoms with van der Waals surface area (Å²) in [4.78, 5) is 37.9. The minimum absolute atomic E-state index is 0.0320. The highest BCUT2D eigenvalue weighted by Gasteiger charge is 2.22. The third-order valence-electron chi connectivity index (χ3n) is 15.6. The van der Waals surface area contributed by atoms with Gasteiger partial charge >= 0.3 is 11.9 Å². The normalized spacial score (nSPS) is 13.3. The molecule has 0 rings (SSSR count). The first kappa shape index (κ1) is 78.2. The van der Waals surface area contributed by atoms with E-state index in [2.05, 4.69) is 50.3 Å². The van der Waals surface area contributed by atoms with Gasteiger partial charge in [0, 0.05) is 12.8 Å². The Kier molecular flexibility index (Phi) is 60.4. The molecule has 0 saturated carbocycles. The maximum Gasteiger partial charge on any atom is 0.306 e. The molecule has 472 valence electrons. The standard InChI is InChI=1S/C70H134NO8P/c1-6-8-10-12-14-16-18-20-22-23-24-25-26-27-28-29-30-31-32-33-34-35-36-37-38-39-40-41-42-43-44-45-46-47-49-50-52-54-56-58-60-62-69(72)76-66-68(67-78-80(74,75)77-65-64-71(3,4)5)79-70(73)63-61-59-57-55-53-51-48-21-19-17-15-13-11-9-7-2/h15,17,21,23-24,48,68H,6-14,16,18-20,22,25-47,49-67H2,1-5H3/b17-15-,24-23-,48-21-. The van der Waals surface area contributed by atoms with Crippen molar-refractivity contribution in [2.45, 2.75) is 354 Å². The molecule has 0 aliphatic heterocycles. The number of nitrogens with zero attached hydrogens (tertiary/aromatic N) is 1. The van der Waals surface area contributed by atoms with Gasteiger partial charge in [0.1, 0.15) is 19.8 Å². The van der Waals surface area contributed by atoms with E-state index < -0.39 is 26.5 Å². The lowest BCUT2D eigenvalue weighted by Crippen LogP contribution is -2.37. The Hall–Kier alpha value is -1.77. The van der Waals surface area contributed by atoms with E-state index >= 15 is 0 Å². The van der Waals surface area contributed by atoms with Gasteiger partial charge in [0.2, 0.25) is 0 Å². The fraction of sp³-hybridized carbons (Fsp3) is 0.886. The first-order chi connectivity index (χ1) is 39.0. The highest BCUT2D eigenvalue weighted by Crippen LogP contribution is 2.38. The number of hydrogen-bond donors (Lipinski definition) is 0. The Labute approximate surface area is 497 Å². The third-order valence-corrected chi connectivity index (χ3v) is 16.6. The van der Waals surface area contributed by atoms with Crippen LogP contribution in [0.5, 0.6) is 0 Å². The Morgan fingerprint density at radius 1 is 0.388 bits per heavy atom. The van der Waals surface area contributed by atoms with Gasteiger partial charge in [-0.3, -0.25) is 14.2 Å². The molecule has 80 heavy (non-hydrogen) atoms. The van der Waals surface area contributed by atoms with Gasteiger partial charge < -0.3 is 27.9 Å². The first-order valence-corrected chi connectivity index (χ1v) is 36.2. The molecule has 0 heterocycles. The van der Waals surface area contributed by atoms with Gasteiger partial charge in [-0.15, -0.1) is 0 Å². The van der Waals surface area contributed by atoms with Crippen molar-refractivity contribution in [3.8, 4) is 0 Å². The van der Waals surface area contributed by atoms with E-state index in [1.165, 1.54) is 257 Å². The third kappa shape index (κ3) is 65.4. The number of carbonyl (C=O) groups is 2. The van der Waals surface area contributed by atoms with Crippen molar-refractivity contribution in [1.82, 2.24) is 0 Å². The van der Waals surface area contributed by atoms with Crippen molar-refractivity contribution in [2.24, 2.45) is 0 Å². The van der Waals surface area contributed by atoms with Crippen molar-refractivity contribution in [3.63, 3.8) is 0 Å². The number of phosphoric ester groups is 1. The second kappa shape index (κ2) is 61.8. The van der Waals surface area contributed by atoms with E-state index in [1.807, 2.05) is 21.1 Å². The van der Waals surface area contributed by atoms with Crippen molar-refractivity contribution in [1.29, 1.82) is 0 Å². The Morgan fingerprint density at radius 3 is 1.02 bits per heavy atom. The fourth-order valence-corrected chi connectivity index (χ4v) is 11.0. The molecule has 0 bridgehead atoms. The maximum atomic E-state index is 12.8. The zero-order chi connectivity index (χ0) is 58.4. The summed E-state index contributed by atoms with van der Waals surface area (Å²) in [5.41, 5.74) is 0. The Morgan fingerprint density at radius 2 is 0.675 bits per heavy atom. The first-order valence-electron chi connectivity index (χ1n) is 34.7. The summed E-state index contributed by atoms with van der Waals surface area (Å²) in [7, 11) is 1.17. The number of ether oxygens (including phenoxy) is 2. The predicted octanol–water partition coefficient (Wildman–Crippen LogP) is 21.6. The van der Waals surface area contributed by atoms with Crippen LogP contribution in [0, 0.1) is 0 Å². The van der Waals surface area contributed by atoms with E-state index in [1.54, 1.807) is 0 Å². The van der Waals surface area contributed by atoms with Crippen LogP contribution in [0.15, 0.2) is 36.5 Å². The number of esters is 2. The highest BCUT2D eigenvalue weighted by atomic mass is 31.2. The number of phosphoric acid groups is 1. The average Bonchev–Trinajstić information content (AvgIpc) is 3.42. The molecular weight excluding hydrogens is 1010 g/mol. The zero-order valence-electron chi connectivity index (χ0n) is 53.8. The molecule has 0 aromatic carbocycles. The summed E-state index contributed by atoms with van der Waals surface area (Å²) >= 11 is 0. The second-order valence-corrected chi connectivity index (χ2v) is 26.3. The van der Waals surface area contributed by atoms with E-state index in [4.69, 9.17) is 18.5 Å². The number of unbranched alkanes of at least 4 members (excludes halogenated alkanes) is 45. The topological polar surface area (TPSA) is 111 Å². The number of quaternary nitrogens is 1. The smallest absolute Gasteiger partial charge is 0.306 e. The SMILES string of the molecule is CCCCC/C=C\C/C=C\CCCCCCCC(=O)OC(COC(=O)CCCCCCCCCCCCCCCCCCCCCCCCCCCCCCC/C=C\CCCCCCCCCC)COP(=O)([O-])OCC[N+](C)(C)C. The number of hydrogen-bond acceptors (Lipinski definition) is 8. The van der Waals surface area contributed by atoms with Crippen LogP contribution in [0.3, 0.4) is 0 Å². The van der Waals surface area contributed by atoms with Gasteiger partial charge in [0.05, 0.1) is 27.7 Å². The molecule has 0 saturated heterocycles. The second-order valence-electron chi connectivity index (χ2n) is 24.9. The van der Waals surface area contributed by atoms with Crippen molar-refractivity contribution in [2.75, 3.05) is 47.5 Å². The van der Waals surface area contributed by atoms with Crippen LogP contribution in [-0.2, 0) is 32.7 Å². The molecule has 2 atom stereocenters. The number of likely N-dealkylation sites (N-methyl/N-ethyl adjacent to an activating group) is 1. The van der Waals surface area contributed by atoms with Crippen LogP contribution in [-0.4, -0.2) is 70.0 Å². The molecule has 10 heteroatoms. The van der Waals surface area contributed by atoms with Crippen LogP contribution < -0.4 is 4.89 Å². The molecule has 0 spiro atoms. The van der Waals surface area contributed by atoms with Crippen molar-refractivity contribution < 1.29 is 42.1 Å². The van der Waals surface area contributed by atoms with E-state index in [-0.39, 0.29) is 32.0 Å². The van der Waals surface area contributed by atoms with Crippen LogP contribution in [0.1, 0.15) is 348 Å². The molecule has 0 amide bonds. The summed E-state index contributed by atoms with van der Waals surface area (Å²) in [6, 6.07) is 0. The molecule has 0 fully saturated rings. The highest BCUT2D eigenvalue weighted by molar-refractivity contribution is 7.45. The fourth-order valence-electron chi connectivity index (χ4n) is 10.3. The van der Waals surface area contributed by atoms with Crippen molar-refractivity contribution in [3.05, 3.63) is 36.5 Å². The quantitative estimate of drug-likeness (QED) is 0.0195. The molecule has 9 nitrogen and oxygen atoms in total.